The molecule has 88 valence electrons. The Morgan fingerprint density at radius 2 is 2.38 bits per heavy atom. The van der Waals surface area contributed by atoms with E-state index in [2.05, 4.69) is 10.3 Å². The molecule has 16 heavy (non-hydrogen) atoms. The van der Waals surface area contributed by atoms with Crippen LogP contribution in [0.1, 0.15) is 23.0 Å². The average Bonchev–Trinajstić information content (AvgIpc) is 2.30. The number of hydrogen-bond acceptors (Lipinski definition) is 5. The normalized spacial score (nSPS) is 10.1. The first-order valence-electron chi connectivity index (χ1n) is 5.30. The second-order valence-electron chi connectivity index (χ2n) is 3.24. The number of aromatic nitrogens is 1. The van der Waals surface area contributed by atoms with Crippen molar-refractivity contribution in [2.45, 2.75) is 13.5 Å². The molecule has 5 heteroatoms. The van der Waals surface area contributed by atoms with Gasteiger partial charge in [-0.15, -0.1) is 0 Å². The van der Waals surface area contributed by atoms with Gasteiger partial charge in [0.2, 0.25) is 0 Å². The molecule has 3 N–H and O–H groups in total. The molecule has 0 aromatic carbocycles. The molecule has 0 fully saturated rings. The van der Waals surface area contributed by atoms with Crippen molar-refractivity contribution >= 4 is 5.97 Å². The van der Waals surface area contributed by atoms with E-state index >= 15 is 0 Å². The number of hydrogen-bond donors (Lipinski definition) is 2. The van der Waals surface area contributed by atoms with Gasteiger partial charge in [-0.25, -0.2) is 9.78 Å². The molecule has 5 nitrogen and oxygen atoms in total. The number of ether oxygens (including phenoxy) is 1. The predicted octanol–water partition coefficient (Wildman–Crippen LogP) is 0.307. The molecule has 0 amide bonds. The molecule has 1 aromatic heterocycles. The van der Waals surface area contributed by atoms with Gasteiger partial charge in [0.25, 0.3) is 0 Å². The smallest absolute Gasteiger partial charge is 0.356 e. The maximum absolute atomic E-state index is 11.3. The standard InChI is InChI=1S/C11H17N3O2/c1-2-16-11(15)10-4-3-9(8-14-10)7-13-6-5-12/h3-4,8,13H,2,5-7,12H2,1H3. The van der Waals surface area contributed by atoms with E-state index in [4.69, 9.17) is 10.5 Å². The van der Waals surface area contributed by atoms with Crippen molar-refractivity contribution in [2.75, 3.05) is 19.7 Å². The lowest BCUT2D eigenvalue weighted by atomic mass is 10.2. The minimum atomic E-state index is -0.385. The van der Waals surface area contributed by atoms with Gasteiger partial charge in [-0.3, -0.25) is 0 Å². The fourth-order valence-corrected chi connectivity index (χ4v) is 1.19. The van der Waals surface area contributed by atoms with Gasteiger partial charge in [-0.2, -0.15) is 0 Å². The number of esters is 1. The molecule has 0 spiro atoms. The lowest BCUT2D eigenvalue weighted by Crippen LogP contribution is -2.22. The summed E-state index contributed by atoms with van der Waals surface area (Å²) in [5.41, 5.74) is 6.70. The molecule has 0 aliphatic rings. The van der Waals surface area contributed by atoms with Gasteiger partial charge in [0, 0.05) is 25.8 Å². The van der Waals surface area contributed by atoms with Crippen LogP contribution in [0.25, 0.3) is 0 Å². The van der Waals surface area contributed by atoms with Crippen LogP contribution in [0.5, 0.6) is 0 Å². The number of carbonyl (C=O) groups is 1. The SMILES string of the molecule is CCOC(=O)c1ccc(CNCCN)cn1. The fourth-order valence-electron chi connectivity index (χ4n) is 1.19. The van der Waals surface area contributed by atoms with Crippen molar-refractivity contribution in [1.29, 1.82) is 0 Å². The third-order valence-electron chi connectivity index (χ3n) is 1.96. The minimum absolute atomic E-state index is 0.337. The average molecular weight is 223 g/mol. The Labute approximate surface area is 95.0 Å². The summed E-state index contributed by atoms with van der Waals surface area (Å²) in [6.45, 7) is 4.20. The molecule has 1 heterocycles. The minimum Gasteiger partial charge on any atom is -0.461 e. The van der Waals surface area contributed by atoms with E-state index in [9.17, 15) is 4.79 Å². The molecule has 0 bridgehead atoms. The van der Waals surface area contributed by atoms with Crippen molar-refractivity contribution in [2.24, 2.45) is 5.73 Å². The van der Waals surface area contributed by atoms with Crippen LogP contribution in [-0.2, 0) is 11.3 Å². The molecule has 0 atom stereocenters. The summed E-state index contributed by atoms with van der Waals surface area (Å²) in [4.78, 5) is 15.3. The summed E-state index contributed by atoms with van der Waals surface area (Å²) < 4.78 is 4.83. The van der Waals surface area contributed by atoms with Gasteiger partial charge < -0.3 is 15.8 Å². The highest BCUT2D eigenvalue weighted by molar-refractivity contribution is 5.87. The highest BCUT2D eigenvalue weighted by Gasteiger charge is 2.06. The van der Waals surface area contributed by atoms with E-state index < -0.39 is 0 Å². The number of nitrogens with zero attached hydrogens (tertiary/aromatic N) is 1. The summed E-state index contributed by atoms with van der Waals surface area (Å²) in [6, 6.07) is 3.51. The van der Waals surface area contributed by atoms with Crippen LogP contribution in [0.4, 0.5) is 0 Å². The second-order valence-corrected chi connectivity index (χ2v) is 3.24. The molecular formula is C11H17N3O2. The molecule has 0 saturated carbocycles. The molecular weight excluding hydrogens is 206 g/mol. The number of nitrogens with two attached hydrogens (primary N) is 1. The Kier molecular flexibility index (Phi) is 5.45. The first-order chi connectivity index (χ1) is 7.77. The van der Waals surface area contributed by atoms with E-state index in [0.717, 1.165) is 12.1 Å². The zero-order chi connectivity index (χ0) is 11.8. The Hall–Kier alpha value is -1.46. The largest absolute Gasteiger partial charge is 0.461 e. The molecule has 0 aliphatic heterocycles. The Morgan fingerprint density at radius 3 is 2.94 bits per heavy atom. The topological polar surface area (TPSA) is 77.2 Å². The van der Waals surface area contributed by atoms with Gasteiger partial charge in [-0.1, -0.05) is 6.07 Å². The van der Waals surface area contributed by atoms with Crippen LogP contribution in [0.15, 0.2) is 18.3 Å². The fraction of sp³-hybridized carbons (Fsp3) is 0.455. The zero-order valence-corrected chi connectivity index (χ0v) is 9.40. The Morgan fingerprint density at radius 1 is 1.56 bits per heavy atom. The molecule has 0 unspecified atom stereocenters. The monoisotopic (exact) mass is 223 g/mol. The van der Waals surface area contributed by atoms with E-state index in [-0.39, 0.29) is 5.97 Å². The van der Waals surface area contributed by atoms with Crippen molar-refractivity contribution in [1.82, 2.24) is 10.3 Å². The number of nitrogens with one attached hydrogen (secondary N) is 1. The van der Waals surface area contributed by atoms with Gasteiger partial charge >= 0.3 is 5.97 Å². The van der Waals surface area contributed by atoms with Crippen LogP contribution in [0, 0.1) is 0 Å². The lowest BCUT2D eigenvalue weighted by Gasteiger charge is -2.04. The predicted molar refractivity (Wildman–Crippen MR) is 61.0 cm³/mol. The maximum Gasteiger partial charge on any atom is 0.356 e. The molecule has 0 saturated heterocycles. The van der Waals surface area contributed by atoms with Crippen molar-refractivity contribution < 1.29 is 9.53 Å². The highest BCUT2D eigenvalue weighted by atomic mass is 16.5. The number of pyridine rings is 1. The van der Waals surface area contributed by atoms with E-state index in [1.165, 1.54) is 0 Å². The first kappa shape index (κ1) is 12.6. The van der Waals surface area contributed by atoms with Crippen molar-refractivity contribution in [3.05, 3.63) is 29.6 Å². The number of carbonyl (C=O) groups excluding carboxylic acids is 1. The van der Waals surface area contributed by atoms with E-state index in [1.54, 1.807) is 19.2 Å². The first-order valence-corrected chi connectivity index (χ1v) is 5.30. The van der Waals surface area contributed by atoms with Gasteiger partial charge in [-0.05, 0) is 18.6 Å². The summed E-state index contributed by atoms with van der Waals surface area (Å²) in [5, 5.41) is 3.14. The Bertz CT molecular complexity index is 325. The summed E-state index contributed by atoms with van der Waals surface area (Å²) in [5.74, 6) is -0.385. The highest BCUT2D eigenvalue weighted by Crippen LogP contribution is 2.01. The van der Waals surface area contributed by atoms with Crippen LogP contribution in [0.2, 0.25) is 0 Å². The van der Waals surface area contributed by atoms with Gasteiger partial charge in [0.05, 0.1) is 6.61 Å². The van der Waals surface area contributed by atoms with Gasteiger partial charge in [0.1, 0.15) is 5.69 Å². The third-order valence-corrected chi connectivity index (χ3v) is 1.96. The molecule has 1 aromatic rings. The summed E-state index contributed by atoms with van der Waals surface area (Å²) in [6.07, 6.45) is 1.66. The quantitative estimate of drug-likeness (QED) is 0.536. The van der Waals surface area contributed by atoms with Crippen LogP contribution in [-0.4, -0.2) is 30.6 Å². The van der Waals surface area contributed by atoms with Crippen LogP contribution < -0.4 is 11.1 Å². The van der Waals surface area contributed by atoms with E-state index in [0.29, 0.717) is 25.4 Å². The summed E-state index contributed by atoms with van der Waals surface area (Å²) in [7, 11) is 0. The van der Waals surface area contributed by atoms with Crippen LogP contribution in [0.3, 0.4) is 0 Å². The van der Waals surface area contributed by atoms with Crippen LogP contribution >= 0.6 is 0 Å². The molecule has 0 radical (unpaired) electrons. The van der Waals surface area contributed by atoms with Crippen molar-refractivity contribution in [3.8, 4) is 0 Å². The molecule has 1 rings (SSSR count). The zero-order valence-electron chi connectivity index (χ0n) is 9.40. The van der Waals surface area contributed by atoms with Crippen molar-refractivity contribution in [3.63, 3.8) is 0 Å². The lowest BCUT2D eigenvalue weighted by molar-refractivity contribution is 0.0519. The van der Waals surface area contributed by atoms with E-state index in [1.807, 2.05) is 6.07 Å². The molecule has 0 aliphatic carbocycles. The third kappa shape index (κ3) is 3.96. The van der Waals surface area contributed by atoms with Gasteiger partial charge in [0.15, 0.2) is 0 Å². The Balaban J connectivity index is 2.50. The second kappa shape index (κ2) is 6.92. The number of rotatable bonds is 6. The summed E-state index contributed by atoms with van der Waals surface area (Å²) >= 11 is 0. The maximum atomic E-state index is 11.3.